The number of nitrogens with one attached hydrogen (secondary N) is 1. The van der Waals surface area contributed by atoms with Gasteiger partial charge in [-0.2, -0.15) is 0 Å². The molecule has 23 heavy (non-hydrogen) atoms. The molecular weight excluding hydrogens is 294 g/mol. The van der Waals surface area contributed by atoms with Crippen molar-refractivity contribution < 1.29 is 19.4 Å². The van der Waals surface area contributed by atoms with Crippen molar-refractivity contribution in [3.8, 4) is 0 Å². The van der Waals surface area contributed by atoms with E-state index in [9.17, 15) is 14.7 Å². The summed E-state index contributed by atoms with van der Waals surface area (Å²) in [7, 11) is 0. The minimum Gasteiger partial charge on any atom is -0.550 e. The molecule has 2 saturated heterocycles. The minimum absolute atomic E-state index is 0.177. The van der Waals surface area contributed by atoms with Crippen LogP contribution in [0, 0.1) is 25.7 Å². The summed E-state index contributed by atoms with van der Waals surface area (Å²) < 4.78 is 5.63. The van der Waals surface area contributed by atoms with Crippen LogP contribution in [0.15, 0.2) is 18.2 Å². The summed E-state index contributed by atoms with van der Waals surface area (Å²) in [5, 5.41) is 14.4. The fourth-order valence-corrected chi connectivity index (χ4v) is 3.92. The van der Waals surface area contributed by atoms with Gasteiger partial charge in [0, 0.05) is 11.9 Å². The van der Waals surface area contributed by atoms with E-state index in [0.29, 0.717) is 6.42 Å². The fraction of sp³-hybridized carbons (Fsp3) is 0.556. The van der Waals surface area contributed by atoms with Crippen LogP contribution in [0.5, 0.6) is 0 Å². The lowest BCUT2D eigenvalue weighted by molar-refractivity contribution is -0.314. The predicted molar refractivity (Wildman–Crippen MR) is 82.4 cm³/mol. The van der Waals surface area contributed by atoms with E-state index in [4.69, 9.17) is 4.74 Å². The molecule has 2 bridgehead atoms. The van der Waals surface area contributed by atoms with Crippen LogP contribution in [0.1, 0.15) is 42.5 Å². The second-order valence-corrected chi connectivity index (χ2v) is 6.75. The lowest BCUT2D eigenvalue weighted by Gasteiger charge is -2.29. The zero-order valence-corrected chi connectivity index (χ0v) is 13.7. The Morgan fingerprint density at radius 3 is 2.52 bits per heavy atom. The number of amides is 1. The van der Waals surface area contributed by atoms with Crippen molar-refractivity contribution in [1.82, 2.24) is 5.32 Å². The number of carbonyl (C=O) groups excluding carboxylic acids is 2. The number of aliphatic carboxylic acids is 1. The highest BCUT2D eigenvalue weighted by Crippen LogP contribution is 2.43. The summed E-state index contributed by atoms with van der Waals surface area (Å²) in [5.41, 5.74) is 3.28. The molecule has 1 amide bonds. The first-order valence-corrected chi connectivity index (χ1v) is 8.12. The summed E-state index contributed by atoms with van der Waals surface area (Å²) in [6, 6.07) is 5.93. The van der Waals surface area contributed by atoms with E-state index in [0.717, 1.165) is 23.1 Å². The largest absolute Gasteiger partial charge is 0.550 e. The van der Waals surface area contributed by atoms with Crippen molar-refractivity contribution >= 4 is 11.9 Å². The van der Waals surface area contributed by atoms with Crippen molar-refractivity contribution in [3.63, 3.8) is 0 Å². The van der Waals surface area contributed by atoms with Gasteiger partial charge in [-0.05, 0) is 44.7 Å². The Bertz CT molecular complexity index is 642. The first-order valence-electron chi connectivity index (χ1n) is 8.12. The molecule has 2 heterocycles. The van der Waals surface area contributed by atoms with E-state index in [2.05, 4.69) is 5.32 Å². The van der Waals surface area contributed by atoms with E-state index >= 15 is 0 Å². The molecule has 0 spiro atoms. The van der Waals surface area contributed by atoms with Crippen LogP contribution >= 0.6 is 0 Å². The Hall–Kier alpha value is -1.88. The normalized spacial score (nSPS) is 30.2. The minimum atomic E-state index is -1.18. The Morgan fingerprint density at radius 2 is 1.87 bits per heavy atom. The second kappa shape index (κ2) is 5.96. The third-order valence-corrected chi connectivity index (χ3v) is 5.11. The summed E-state index contributed by atoms with van der Waals surface area (Å²) in [6.45, 7) is 5.93. The smallest absolute Gasteiger partial charge is 0.226 e. The third kappa shape index (κ3) is 2.85. The van der Waals surface area contributed by atoms with Gasteiger partial charge in [0.15, 0.2) is 0 Å². The van der Waals surface area contributed by atoms with Gasteiger partial charge in [0.1, 0.15) is 0 Å². The van der Waals surface area contributed by atoms with Gasteiger partial charge in [-0.25, -0.2) is 0 Å². The van der Waals surface area contributed by atoms with E-state index in [1.54, 1.807) is 0 Å². The monoisotopic (exact) mass is 316 g/mol. The first-order chi connectivity index (χ1) is 10.9. The molecule has 5 nitrogen and oxygen atoms in total. The van der Waals surface area contributed by atoms with Crippen molar-refractivity contribution in [3.05, 3.63) is 34.9 Å². The maximum Gasteiger partial charge on any atom is 0.226 e. The Labute approximate surface area is 136 Å². The Balaban J connectivity index is 1.76. The van der Waals surface area contributed by atoms with E-state index in [1.165, 1.54) is 0 Å². The molecule has 0 radical (unpaired) electrons. The van der Waals surface area contributed by atoms with Gasteiger partial charge >= 0.3 is 0 Å². The maximum atomic E-state index is 12.6. The first kappa shape index (κ1) is 16.0. The summed E-state index contributed by atoms with van der Waals surface area (Å²) in [6.07, 6.45) is 0.759. The van der Waals surface area contributed by atoms with Crippen molar-refractivity contribution in [2.75, 3.05) is 0 Å². The van der Waals surface area contributed by atoms with Crippen LogP contribution in [0.4, 0.5) is 0 Å². The molecule has 1 aromatic rings. The SMILES string of the molecule is Cc1ccc(C)c(C(C)NC(=O)C2C3CCC(O3)C2C(=O)[O-])c1. The summed E-state index contributed by atoms with van der Waals surface area (Å²) in [5.74, 6) is -2.91. The molecule has 5 heteroatoms. The molecule has 3 rings (SSSR count). The fourth-order valence-electron chi connectivity index (χ4n) is 3.92. The number of carboxylic acids is 1. The van der Waals surface area contributed by atoms with Gasteiger partial charge in [0.2, 0.25) is 5.91 Å². The number of aryl methyl sites for hydroxylation is 2. The van der Waals surface area contributed by atoms with Crippen LogP contribution < -0.4 is 10.4 Å². The number of ether oxygens (including phenoxy) is 1. The molecule has 2 aliphatic rings. The van der Waals surface area contributed by atoms with Gasteiger partial charge in [0.05, 0.1) is 24.2 Å². The van der Waals surface area contributed by atoms with Crippen molar-refractivity contribution in [1.29, 1.82) is 0 Å². The number of carbonyl (C=O) groups is 2. The summed E-state index contributed by atoms with van der Waals surface area (Å²) in [4.78, 5) is 24.0. The highest BCUT2D eigenvalue weighted by Gasteiger charge is 2.52. The van der Waals surface area contributed by atoms with Crippen LogP contribution in [-0.2, 0) is 14.3 Å². The van der Waals surface area contributed by atoms with Gasteiger partial charge < -0.3 is 20.0 Å². The van der Waals surface area contributed by atoms with Crippen molar-refractivity contribution in [2.24, 2.45) is 11.8 Å². The molecule has 0 aliphatic carbocycles. The van der Waals surface area contributed by atoms with Gasteiger partial charge in [-0.3, -0.25) is 4.79 Å². The molecule has 2 aliphatic heterocycles. The quantitative estimate of drug-likeness (QED) is 0.900. The molecule has 124 valence electrons. The second-order valence-electron chi connectivity index (χ2n) is 6.75. The maximum absolute atomic E-state index is 12.6. The van der Waals surface area contributed by atoms with Crippen LogP contribution in [0.2, 0.25) is 0 Å². The molecule has 2 fully saturated rings. The lowest BCUT2D eigenvalue weighted by atomic mass is 9.78. The summed E-state index contributed by atoms with van der Waals surface area (Å²) >= 11 is 0. The molecule has 5 unspecified atom stereocenters. The van der Waals surface area contributed by atoms with Crippen LogP contribution in [-0.4, -0.2) is 24.1 Å². The average Bonchev–Trinajstić information content (AvgIpc) is 3.10. The van der Waals surface area contributed by atoms with Gasteiger partial charge in [-0.15, -0.1) is 0 Å². The Morgan fingerprint density at radius 1 is 1.22 bits per heavy atom. The molecular formula is C18H22NO4-. The third-order valence-electron chi connectivity index (χ3n) is 5.11. The molecule has 1 N–H and O–H groups in total. The van der Waals surface area contributed by atoms with Crippen molar-refractivity contribution in [2.45, 2.75) is 51.9 Å². The predicted octanol–water partition coefficient (Wildman–Crippen LogP) is 1.02. The van der Waals surface area contributed by atoms with E-state index in [-0.39, 0.29) is 24.2 Å². The standard InChI is InChI=1S/C18H23NO4/c1-9-4-5-10(2)12(8-9)11(3)19-17(20)15-13-6-7-14(23-13)16(15)18(21)22/h4-5,8,11,13-16H,6-7H2,1-3H3,(H,19,20)(H,21,22)/p-1. The topological polar surface area (TPSA) is 78.5 Å². The number of rotatable bonds is 4. The zero-order chi connectivity index (χ0) is 16.7. The number of hydrogen-bond donors (Lipinski definition) is 1. The Kier molecular flexibility index (Phi) is 4.15. The van der Waals surface area contributed by atoms with E-state index in [1.807, 2.05) is 39.0 Å². The lowest BCUT2D eigenvalue weighted by Crippen LogP contribution is -2.48. The molecule has 0 aromatic heterocycles. The number of carboxylic acid groups (broad SMARTS) is 1. The molecule has 1 aromatic carbocycles. The van der Waals surface area contributed by atoms with Gasteiger partial charge in [0.25, 0.3) is 0 Å². The number of benzene rings is 1. The van der Waals surface area contributed by atoms with E-state index < -0.39 is 17.8 Å². The van der Waals surface area contributed by atoms with Crippen LogP contribution in [0.25, 0.3) is 0 Å². The van der Waals surface area contributed by atoms with Crippen LogP contribution in [0.3, 0.4) is 0 Å². The average molecular weight is 316 g/mol. The number of fused-ring (bicyclic) bond motifs is 2. The zero-order valence-electron chi connectivity index (χ0n) is 13.7. The highest BCUT2D eigenvalue weighted by molar-refractivity contribution is 5.86. The molecule has 5 atom stereocenters. The van der Waals surface area contributed by atoms with Gasteiger partial charge in [-0.1, -0.05) is 23.8 Å². The number of hydrogen-bond acceptors (Lipinski definition) is 4. The molecule has 0 saturated carbocycles. The highest BCUT2D eigenvalue weighted by atomic mass is 16.5.